The van der Waals surface area contributed by atoms with Gasteiger partial charge in [-0.05, 0) is 50.1 Å². The molecule has 0 spiro atoms. The van der Waals surface area contributed by atoms with Gasteiger partial charge in [-0.3, -0.25) is 9.52 Å². The lowest BCUT2D eigenvalue weighted by Gasteiger charge is -2.08. The van der Waals surface area contributed by atoms with E-state index in [1.54, 1.807) is 39.2 Å². The van der Waals surface area contributed by atoms with Crippen LogP contribution in [0.15, 0.2) is 47.4 Å². The SMILES string of the molecule is COc1ccc(CNC(=O)c2sc(NS(=O)(=O)c3ccc(C)cc3C)nc2C)cc1. The van der Waals surface area contributed by atoms with Crippen LogP contribution in [0.4, 0.5) is 5.13 Å². The molecule has 0 aliphatic rings. The summed E-state index contributed by atoms with van der Waals surface area (Å²) in [6.07, 6.45) is 0. The van der Waals surface area contributed by atoms with E-state index in [-0.39, 0.29) is 15.9 Å². The first-order valence-electron chi connectivity index (χ1n) is 9.18. The van der Waals surface area contributed by atoms with E-state index in [0.29, 0.717) is 22.7 Å². The number of nitrogens with zero attached hydrogens (tertiary/aromatic N) is 1. The van der Waals surface area contributed by atoms with Crippen molar-refractivity contribution in [3.8, 4) is 5.75 Å². The number of amides is 1. The molecule has 158 valence electrons. The highest BCUT2D eigenvalue weighted by molar-refractivity contribution is 7.93. The normalized spacial score (nSPS) is 11.2. The molecule has 7 nitrogen and oxygen atoms in total. The van der Waals surface area contributed by atoms with Crippen LogP contribution in [0, 0.1) is 20.8 Å². The molecule has 0 saturated carbocycles. The van der Waals surface area contributed by atoms with Gasteiger partial charge in [0.25, 0.3) is 15.9 Å². The number of benzene rings is 2. The number of sulfonamides is 1. The number of aryl methyl sites for hydroxylation is 3. The number of thiazole rings is 1. The van der Waals surface area contributed by atoms with E-state index >= 15 is 0 Å². The van der Waals surface area contributed by atoms with Crippen LogP contribution in [-0.2, 0) is 16.6 Å². The molecule has 1 amide bonds. The van der Waals surface area contributed by atoms with Gasteiger partial charge in [-0.15, -0.1) is 0 Å². The van der Waals surface area contributed by atoms with Crippen molar-refractivity contribution in [2.75, 3.05) is 11.8 Å². The van der Waals surface area contributed by atoms with Crippen LogP contribution in [0.3, 0.4) is 0 Å². The standard InChI is InChI=1S/C21H23N3O4S2/c1-13-5-10-18(14(2)11-13)30(26,27)24-21-23-15(3)19(29-21)20(25)22-12-16-6-8-17(28-4)9-7-16/h5-11H,12H2,1-4H3,(H,22,25)(H,23,24). The van der Waals surface area contributed by atoms with E-state index in [2.05, 4.69) is 15.0 Å². The largest absolute Gasteiger partial charge is 0.497 e. The number of anilines is 1. The number of ether oxygens (including phenoxy) is 1. The summed E-state index contributed by atoms with van der Waals surface area (Å²) in [5, 5.41) is 2.98. The zero-order valence-electron chi connectivity index (χ0n) is 17.1. The van der Waals surface area contributed by atoms with Crippen molar-refractivity contribution in [2.24, 2.45) is 0 Å². The Kier molecular flexibility index (Phi) is 6.42. The van der Waals surface area contributed by atoms with Crippen molar-refractivity contribution in [1.82, 2.24) is 10.3 Å². The molecule has 0 aliphatic heterocycles. The Labute approximate surface area is 180 Å². The first kappa shape index (κ1) is 21.8. The molecule has 0 radical (unpaired) electrons. The van der Waals surface area contributed by atoms with E-state index in [4.69, 9.17) is 4.74 Å². The van der Waals surface area contributed by atoms with Crippen LogP contribution < -0.4 is 14.8 Å². The Morgan fingerprint density at radius 2 is 1.80 bits per heavy atom. The number of carbonyl (C=O) groups is 1. The van der Waals surface area contributed by atoms with Crippen LogP contribution in [-0.4, -0.2) is 26.4 Å². The summed E-state index contributed by atoms with van der Waals surface area (Å²) in [4.78, 5) is 17.3. The first-order valence-corrected chi connectivity index (χ1v) is 11.5. The van der Waals surface area contributed by atoms with Crippen molar-refractivity contribution in [1.29, 1.82) is 0 Å². The van der Waals surface area contributed by atoms with Gasteiger partial charge in [0, 0.05) is 6.54 Å². The summed E-state index contributed by atoms with van der Waals surface area (Å²) in [5.74, 6) is 0.432. The quantitative estimate of drug-likeness (QED) is 0.576. The predicted octanol–water partition coefficient (Wildman–Crippen LogP) is 3.81. The van der Waals surface area contributed by atoms with Gasteiger partial charge in [0.1, 0.15) is 10.6 Å². The molecule has 1 aromatic heterocycles. The minimum absolute atomic E-state index is 0.155. The van der Waals surface area contributed by atoms with Gasteiger partial charge in [0.05, 0.1) is 17.7 Å². The smallest absolute Gasteiger partial charge is 0.263 e. The molecule has 1 heterocycles. The third-order valence-electron chi connectivity index (χ3n) is 4.46. The van der Waals surface area contributed by atoms with E-state index < -0.39 is 10.0 Å². The number of carbonyl (C=O) groups excluding carboxylic acids is 1. The molecule has 3 rings (SSSR count). The van der Waals surface area contributed by atoms with Gasteiger partial charge >= 0.3 is 0 Å². The van der Waals surface area contributed by atoms with Crippen LogP contribution in [0.25, 0.3) is 0 Å². The minimum atomic E-state index is -3.80. The van der Waals surface area contributed by atoms with E-state index in [0.717, 1.165) is 28.2 Å². The Morgan fingerprint density at radius 1 is 1.10 bits per heavy atom. The van der Waals surface area contributed by atoms with Crippen LogP contribution in [0.1, 0.15) is 32.1 Å². The molecule has 0 fully saturated rings. The Bertz CT molecular complexity index is 1170. The second-order valence-electron chi connectivity index (χ2n) is 6.84. The molecule has 3 aromatic rings. The molecule has 0 atom stereocenters. The van der Waals surface area contributed by atoms with Gasteiger partial charge in [0.15, 0.2) is 5.13 Å². The number of hydrogen-bond donors (Lipinski definition) is 2. The van der Waals surface area contributed by atoms with Crippen molar-refractivity contribution >= 4 is 32.4 Å². The number of hydrogen-bond acceptors (Lipinski definition) is 6. The Balaban J connectivity index is 1.71. The van der Waals surface area contributed by atoms with E-state index in [1.807, 2.05) is 31.2 Å². The summed E-state index contributed by atoms with van der Waals surface area (Å²) in [6.45, 7) is 5.65. The fourth-order valence-electron chi connectivity index (χ4n) is 2.93. The summed E-state index contributed by atoms with van der Waals surface area (Å²) in [7, 11) is -2.20. The van der Waals surface area contributed by atoms with Gasteiger partial charge in [-0.2, -0.15) is 0 Å². The highest BCUT2D eigenvalue weighted by atomic mass is 32.2. The molecule has 0 saturated heterocycles. The average molecular weight is 446 g/mol. The third-order valence-corrected chi connectivity index (χ3v) is 7.16. The van der Waals surface area contributed by atoms with Gasteiger partial charge in [0.2, 0.25) is 0 Å². The zero-order valence-corrected chi connectivity index (χ0v) is 18.8. The predicted molar refractivity (Wildman–Crippen MR) is 118 cm³/mol. The van der Waals surface area contributed by atoms with Crippen molar-refractivity contribution < 1.29 is 17.9 Å². The highest BCUT2D eigenvalue weighted by Crippen LogP contribution is 2.26. The van der Waals surface area contributed by atoms with Crippen LogP contribution >= 0.6 is 11.3 Å². The number of nitrogens with one attached hydrogen (secondary N) is 2. The molecule has 2 aromatic carbocycles. The zero-order chi connectivity index (χ0) is 21.9. The number of methoxy groups -OCH3 is 1. The van der Waals surface area contributed by atoms with Gasteiger partial charge in [-0.25, -0.2) is 13.4 Å². The number of aromatic nitrogens is 1. The fourth-order valence-corrected chi connectivity index (χ4v) is 5.27. The molecule has 0 bridgehead atoms. The second-order valence-corrected chi connectivity index (χ2v) is 9.49. The van der Waals surface area contributed by atoms with Crippen molar-refractivity contribution in [3.63, 3.8) is 0 Å². The summed E-state index contributed by atoms with van der Waals surface area (Å²) in [5.41, 5.74) is 3.01. The lowest BCUT2D eigenvalue weighted by atomic mass is 10.2. The lowest BCUT2D eigenvalue weighted by Crippen LogP contribution is -2.22. The van der Waals surface area contributed by atoms with Gasteiger partial charge in [-0.1, -0.05) is 41.2 Å². The van der Waals surface area contributed by atoms with E-state index in [1.165, 1.54) is 0 Å². The minimum Gasteiger partial charge on any atom is -0.497 e. The summed E-state index contributed by atoms with van der Waals surface area (Å²) in [6, 6.07) is 12.5. The topological polar surface area (TPSA) is 97.4 Å². The maximum atomic E-state index is 12.7. The monoisotopic (exact) mass is 445 g/mol. The molecule has 0 unspecified atom stereocenters. The van der Waals surface area contributed by atoms with Crippen LogP contribution in [0.5, 0.6) is 5.75 Å². The summed E-state index contributed by atoms with van der Waals surface area (Å²) >= 11 is 1.01. The van der Waals surface area contributed by atoms with Gasteiger partial charge < -0.3 is 10.1 Å². The molecule has 30 heavy (non-hydrogen) atoms. The molecule has 2 N–H and O–H groups in total. The maximum Gasteiger partial charge on any atom is 0.263 e. The lowest BCUT2D eigenvalue weighted by molar-refractivity contribution is 0.0954. The Hall–Kier alpha value is -2.91. The second kappa shape index (κ2) is 8.85. The molecular formula is C21H23N3O4S2. The summed E-state index contributed by atoms with van der Waals surface area (Å²) < 4.78 is 33.1. The van der Waals surface area contributed by atoms with Crippen LogP contribution in [0.2, 0.25) is 0 Å². The third kappa shape index (κ3) is 4.98. The molecule has 9 heteroatoms. The van der Waals surface area contributed by atoms with Crippen molar-refractivity contribution in [2.45, 2.75) is 32.2 Å². The number of rotatable bonds is 7. The Morgan fingerprint density at radius 3 is 2.43 bits per heavy atom. The van der Waals surface area contributed by atoms with E-state index in [9.17, 15) is 13.2 Å². The fraction of sp³-hybridized carbons (Fsp3) is 0.238. The van der Waals surface area contributed by atoms with Crippen molar-refractivity contribution in [3.05, 3.63) is 69.7 Å². The maximum absolute atomic E-state index is 12.7. The average Bonchev–Trinajstić information content (AvgIpc) is 3.05. The molecule has 0 aliphatic carbocycles. The first-order chi connectivity index (χ1) is 14.2. The molecular weight excluding hydrogens is 422 g/mol. The highest BCUT2D eigenvalue weighted by Gasteiger charge is 2.21.